The molecule has 0 atom stereocenters. The number of halogens is 1. The zero-order chi connectivity index (χ0) is 13.4. The molecule has 0 saturated heterocycles. The van der Waals surface area contributed by atoms with Crippen LogP contribution in [-0.2, 0) is 13.6 Å². The fourth-order valence-electron chi connectivity index (χ4n) is 2.11. The lowest BCUT2D eigenvalue weighted by atomic mass is 10.2. The molecule has 0 aliphatic rings. The van der Waals surface area contributed by atoms with Crippen molar-refractivity contribution in [3.8, 4) is 0 Å². The molecule has 0 saturated carbocycles. The molecule has 0 bridgehead atoms. The Hall–Kier alpha value is -2.14. The summed E-state index contributed by atoms with van der Waals surface area (Å²) < 4.78 is 3.07. The van der Waals surface area contributed by atoms with Gasteiger partial charge in [-0.1, -0.05) is 41.9 Å². The standard InChI is InChI=1S/C13H11ClN4O/c1-17-12-10(11(14)15-8-16-12)18(13(17)19)7-9-5-3-2-4-6-9/h2-6,8H,7H2,1H3. The minimum Gasteiger partial charge on any atom is -0.283 e. The first-order valence-electron chi connectivity index (χ1n) is 5.78. The molecule has 1 aromatic carbocycles. The number of benzene rings is 1. The maximum Gasteiger partial charge on any atom is 0.330 e. The summed E-state index contributed by atoms with van der Waals surface area (Å²) in [5.74, 6) is 0. The largest absolute Gasteiger partial charge is 0.330 e. The van der Waals surface area contributed by atoms with Gasteiger partial charge in [0.05, 0.1) is 6.54 Å². The normalized spacial score (nSPS) is 11.1. The minimum absolute atomic E-state index is 0.152. The first-order valence-corrected chi connectivity index (χ1v) is 6.16. The van der Waals surface area contributed by atoms with Crippen LogP contribution in [0.3, 0.4) is 0 Å². The zero-order valence-corrected chi connectivity index (χ0v) is 11.0. The molecule has 0 aliphatic carbocycles. The summed E-state index contributed by atoms with van der Waals surface area (Å²) in [5, 5.41) is 0.290. The van der Waals surface area contributed by atoms with Gasteiger partial charge in [0.2, 0.25) is 0 Å². The van der Waals surface area contributed by atoms with Crippen molar-refractivity contribution in [2.24, 2.45) is 7.05 Å². The lowest BCUT2D eigenvalue weighted by Gasteiger charge is -2.03. The summed E-state index contributed by atoms with van der Waals surface area (Å²) in [6.07, 6.45) is 1.36. The van der Waals surface area contributed by atoms with Crippen molar-refractivity contribution in [1.29, 1.82) is 0 Å². The monoisotopic (exact) mass is 274 g/mol. The maximum absolute atomic E-state index is 12.2. The predicted molar refractivity (Wildman–Crippen MR) is 73.3 cm³/mol. The van der Waals surface area contributed by atoms with E-state index in [1.165, 1.54) is 10.9 Å². The van der Waals surface area contributed by atoms with Gasteiger partial charge in [-0.25, -0.2) is 14.8 Å². The Labute approximate surface area is 114 Å². The molecule has 0 amide bonds. The number of fused-ring (bicyclic) bond motifs is 1. The van der Waals surface area contributed by atoms with Crippen LogP contribution in [-0.4, -0.2) is 19.1 Å². The van der Waals surface area contributed by atoms with Gasteiger partial charge in [0.1, 0.15) is 11.8 Å². The highest BCUT2D eigenvalue weighted by Crippen LogP contribution is 2.18. The Morgan fingerprint density at radius 1 is 1.21 bits per heavy atom. The molecular weight excluding hydrogens is 264 g/mol. The third-order valence-electron chi connectivity index (χ3n) is 3.05. The highest BCUT2D eigenvalue weighted by molar-refractivity contribution is 6.33. The number of nitrogens with zero attached hydrogens (tertiary/aromatic N) is 4. The summed E-state index contributed by atoms with van der Waals surface area (Å²) in [5.41, 5.74) is 1.99. The van der Waals surface area contributed by atoms with E-state index in [4.69, 9.17) is 11.6 Å². The van der Waals surface area contributed by atoms with Crippen LogP contribution in [0.2, 0.25) is 5.15 Å². The van der Waals surface area contributed by atoms with Gasteiger partial charge in [-0.2, -0.15) is 0 Å². The van der Waals surface area contributed by atoms with Crippen molar-refractivity contribution in [1.82, 2.24) is 19.1 Å². The van der Waals surface area contributed by atoms with Crippen LogP contribution in [0, 0.1) is 0 Å². The van der Waals surface area contributed by atoms with E-state index in [2.05, 4.69) is 9.97 Å². The van der Waals surface area contributed by atoms with Crippen molar-refractivity contribution < 1.29 is 0 Å². The molecule has 2 heterocycles. The van der Waals surface area contributed by atoms with Gasteiger partial charge in [-0.05, 0) is 5.56 Å². The van der Waals surface area contributed by atoms with Gasteiger partial charge in [0.25, 0.3) is 0 Å². The van der Waals surface area contributed by atoms with Crippen LogP contribution in [0.5, 0.6) is 0 Å². The Morgan fingerprint density at radius 2 is 1.95 bits per heavy atom. The van der Waals surface area contributed by atoms with Crippen molar-refractivity contribution >= 4 is 22.8 Å². The third kappa shape index (κ3) is 1.92. The van der Waals surface area contributed by atoms with Crippen molar-refractivity contribution in [2.75, 3.05) is 0 Å². The molecule has 0 N–H and O–H groups in total. The number of hydrogen-bond donors (Lipinski definition) is 0. The SMILES string of the molecule is Cn1c(=O)n(Cc2ccccc2)c2c(Cl)ncnc21. The predicted octanol–water partition coefficient (Wildman–Crippen LogP) is 1.83. The van der Waals surface area contributed by atoms with E-state index in [0.29, 0.717) is 22.9 Å². The third-order valence-corrected chi connectivity index (χ3v) is 3.32. The Balaban J connectivity index is 2.24. The van der Waals surface area contributed by atoms with Gasteiger partial charge < -0.3 is 0 Å². The highest BCUT2D eigenvalue weighted by atomic mass is 35.5. The first-order chi connectivity index (χ1) is 9.18. The Bertz CT molecular complexity index is 792. The fraction of sp³-hybridized carbons (Fsp3) is 0.154. The number of rotatable bonds is 2. The minimum atomic E-state index is -0.152. The van der Waals surface area contributed by atoms with Gasteiger partial charge in [-0.15, -0.1) is 0 Å². The zero-order valence-electron chi connectivity index (χ0n) is 10.2. The molecule has 0 radical (unpaired) electrons. The second-order valence-electron chi connectivity index (χ2n) is 4.25. The molecule has 2 aromatic heterocycles. The van der Waals surface area contributed by atoms with E-state index in [9.17, 15) is 4.79 Å². The maximum atomic E-state index is 12.2. The Kier molecular flexibility index (Phi) is 2.83. The number of aromatic nitrogens is 4. The van der Waals surface area contributed by atoms with E-state index < -0.39 is 0 Å². The summed E-state index contributed by atoms with van der Waals surface area (Å²) >= 11 is 6.09. The summed E-state index contributed by atoms with van der Waals surface area (Å²) in [6, 6.07) is 9.73. The molecular formula is C13H11ClN4O. The number of imidazole rings is 1. The Morgan fingerprint density at radius 3 is 2.68 bits per heavy atom. The molecule has 0 unspecified atom stereocenters. The fourth-order valence-corrected chi connectivity index (χ4v) is 2.34. The first kappa shape index (κ1) is 11.9. The van der Waals surface area contributed by atoms with Gasteiger partial charge in [0.15, 0.2) is 10.8 Å². The van der Waals surface area contributed by atoms with E-state index in [-0.39, 0.29) is 5.69 Å². The van der Waals surface area contributed by atoms with Crippen LogP contribution in [0.1, 0.15) is 5.56 Å². The quantitative estimate of drug-likeness (QED) is 0.670. The average molecular weight is 275 g/mol. The highest BCUT2D eigenvalue weighted by Gasteiger charge is 2.15. The molecule has 0 fully saturated rings. The average Bonchev–Trinajstić information content (AvgIpc) is 2.67. The molecule has 6 heteroatoms. The van der Waals surface area contributed by atoms with Crippen LogP contribution in [0.25, 0.3) is 11.2 Å². The van der Waals surface area contributed by atoms with Crippen LogP contribution in [0.15, 0.2) is 41.5 Å². The lowest BCUT2D eigenvalue weighted by molar-refractivity contribution is 0.734. The topological polar surface area (TPSA) is 52.7 Å². The van der Waals surface area contributed by atoms with Gasteiger partial charge >= 0.3 is 5.69 Å². The number of aryl methyl sites for hydroxylation is 1. The second-order valence-corrected chi connectivity index (χ2v) is 4.61. The summed E-state index contributed by atoms with van der Waals surface area (Å²) in [6.45, 7) is 0.449. The molecule has 0 spiro atoms. The molecule has 19 heavy (non-hydrogen) atoms. The van der Waals surface area contributed by atoms with E-state index in [1.807, 2.05) is 30.3 Å². The summed E-state index contributed by atoms with van der Waals surface area (Å²) in [4.78, 5) is 20.3. The van der Waals surface area contributed by atoms with Crippen molar-refractivity contribution in [2.45, 2.75) is 6.54 Å². The van der Waals surface area contributed by atoms with Crippen LogP contribution in [0.4, 0.5) is 0 Å². The number of hydrogen-bond acceptors (Lipinski definition) is 3. The van der Waals surface area contributed by atoms with Gasteiger partial charge in [-0.3, -0.25) is 9.13 Å². The van der Waals surface area contributed by atoms with Crippen molar-refractivity contribution in [3.05, 3.63) is 57.9 Å². The van der Waals surface area contributed by atoms with E-state index in [0.717, 1.165) is 5.56 Å². The molecule has 3 rings (SSSR count). The van der Waals surface area contributed by atoms with E-state index >= 15 is 0 Å². The van der Waals surface area contributed by atoms with Crippen molar-refractivity contribution in [3.63, 3.8) is 0 Å². The smallest absolute Gasteiger partial charge is 0.283 e. The van der Waals surface area contributed by atoms with E-state index in [1.54, 1.807) is 11.6 Å². The molecule has 5 nitrogen and oxygen atoms in total. The van der Waals surface area contributed by atoms with Crippen LogP contribution >= 0.6 is 11.6 Å². The van der Waals surface area contributed by atoms with Gasteiger partial charge in [0, 0.05) is 7.05 Å². The second kappa shape index (κ2) is 4.51. The molecule has 0 aliphatic heterocycles. The summed E-state index contributed by atoms with van der Waals surface area (Å²) in [7, 11) is 1.68. The molecule has 96 valence electrons. The molecule has 3 aromatic rings. The van der Waals surface area contributed by atoms with Crippen LogP contribution < -0.4 is 5.69 Å². The lowest BCUT2D eigenvalue weighted by Crippen LogP contribution is -2.22.